The normalized spacial score (nSPS) is 15.2. The number of aryl methyl sites for hydroxylation is 2. The van der Waals surface area contributed by atoms with Crippen molar-refractivity contribution < 1.29 is 13.5 Å². The molecule has 0 spiro atoms. The first-order chi connectivity index (χ1) is 15.9. The summed E-state index contributed by atoms with van der Waals surface area (Å²) in [6.45, 7) is 0.447. The van der Waals surface area contributed by atoms with Gasteiger partial charge in [-0.2, -0.15) is 24.0 Å². The van der Waals surface area contributed by atoms with Crippen LogP contribution in [0.4, 0.5) is 20.5 Å². The van der Waals surface area contributed by atoms with Gasteiger partial charge in [0.25, 0.3) is 5.92 Å². The van der Waals surface area contributed by atoms with Crippen LogP contribution in [0.3, 0.4) is 0 Å². The van der Waals surface area contributed by atoms with Gasteiger partial charge in [0, 0.05) is 38.5 Å². The highest BCUT2D eigenvalue weighted by molar-refractivity contribution is 6.36. The molecule has 0 saturated carbocycles. The van der Waals surface area contributed by atoms with Gasteiger partial charge in [-0.1, -0.05) is 11.6 Å². The molecule has 0 atom stereocenters. The lowest BCUT2D eigenvalue weighted by atomic mass is 10.1. The van der Waals surface area contributed by atoms with E-state index in [0.717, 1.165) is 0 Å². The van der Waals surface area contributed by atoms with Crippen molar-refractivity contribution in [2.45, 2.75) is 25.3 Å². The van der Waals surface area contributed by atoms with E-state index in [2.05, 4.69) is 30.5 Å². The summed E-state index contributed by atoms with van der Waals surface area (Å²) in [5, 5.41) is 11.8. The summed E-state index contributed by atoms with van der Waals surface area (Å²) in [5.74, 6) is -1.49. The number of hydrogen-bond donors (Lipinski definition) is 1. The number of ether oxygens (including phenoxy) is 1. The van der Waals surface area contributed by atoms with Crippen molar-refractivity contribution in [2.24, 2.45) is 7.05 Å². The summed E-state index contributed by atoms with van der Waals surface area (Å²) in [7, 11) is 1.73. The quantitative estimate of drug-likeness (QED) is 0.417. The summed E-state index contributed by atoms with van der Waals surface area (Å²) < 4.78 is 39.0. The Labute approximate surface area is 189 Å². The largest absolute Gasteiger partial charge is 0.450 e. The number of anilines is 2. The smallest absolute Gasteiger partial charge is 0.289 e. The van der Waals surface area contributed by atoms with Gasteiger partial charge in [-0.25, -0.2) is 9.50 Å². The molecule has 0 saturated heterocycles. The van der Waals surface area contributed by atoms with Crippen LogP contribution in [0.25, 0.3) is 16.7 Å². The van der Waals surface area contributed by atoms with Crippen LogP contribution in [0.15, 0.2) is 37.1 Å². The van der Waals surface area contributed by atoms with Crippen LogP contribution >= 0.6 is 11.6 Å². The number of halogens is 3. The number of pyridine rings is 1. The predicted molar refractivity (Wildman–Crippen MR) is 115 cm³/mol. The molecule has 6 heterocycles. The summed E-state index contributed by atoms with van der Waals surface area (Å²) >= 11 is 6.64. The van der Waals surface area contributed by atoms with Gasteiger partial charge in [-0.15, -0.1) is 0 Å². The third-order valence-corrected chi connectivity index (χ3v) is 5.93. The highest BCUT2D eigenvalue weighted by Crippen LogP contribution is 2.39. The Morgan fingerprint density at radius 3 is 2.94 bits per heavy atom. The van der Waals surface area contributed by atoms with Gasteiger partial charge in [0.15, 0.2) is 23.0 Å². The Balaban J connectivity index is 1.35. The first-order valence-electron chi connectivity index (χ1n) is 10.1. The zero-order chi connectivity index (χ0) is 22.7. The average molecular weight is 472 g/mol. The molecule has 0 aromatic carbocycles. The molecular weight excluding hydrogens is 456 g/mol. The fourth-order valence-corrected chi connectivity index (χ4v) is 4.24. The van der Waals surface area contributed by atoms with Gasteiger partial charge >= 0.3 is 0 Å². The Bertz CT molecular complexity index is 1520. The van der Waals surface area contributed by atoms with E-state index in [1.54, 1.807) is 40.9 Å². The van der Waals surface area contributed by atoms with Crippen molar-refractivity contribution in [3.63, 3.8) is 0 Å². The zero-order valence-electron chi connectivity index (χ0n) is 17.2. The lowest BCUT2D eigenvalue weighted by molar-refractivity contribution is -0.0364. The molecule has 0 fully saturated rings. The van der Waals surface area contributed by atoms with Crippen LogP contribution in [-0.2, 0) is 19.5 Å². The van der Waals surface area contributed by atoms with Gasteiger partial charge in [0.2, 0.25) is 5.95 Å². The van der Waals surface area contributed by atoms with Crippen molar-refractivity contribution in [1.82, 2.24) is 38.9 Å². The number of nitrogens with zero attached hydrogens (tertiary/aromatic N) is 8. The predicted octanol–water partition coefficient (Wildman–Crippen LogP) is 4.28. The van der Waals surface area contributed by atoms with Crippen LogP contribution < -0.4 is 10.1 Å². The second kappa shape index (κ2) is 7.10. The number of rotatable bonds is 4. The van der Waals surface area contributed by atoms with E-state index in [0.29, 0.717) is 52.1 Å². The topological polar surface area (TPSA) is 100.0 Å². The van der Waals surface area contributed by atoms with Crippen molar-refractivity contribution in [2.75, 3.05) is 5.32 Å². The second-order valence-electron chi connectivity index (χ2n) is 7.69. The second-order valence-corrected chi connectivity index (χ2v) is 8.07. The molecule has 1 aliphatic heterocycles. The van der Waals surface area contributed by atoms with Crippen molar-refractivity contribution in [3.8, 4) is 11.5 Å². The molecule has 0 radical (unpaired) electrons. The number of hydrogen-bond acceptors (Lipinski definition) is 7. The number of nitrogens with one attached hydrogen (secondary N) is 1. The monoisotopic (exact) mass is 471 g/mol. The molecule has 0 aliphatic carbocycles. The molecule has 10 nitrogen and oxygen atoms in total. The zero-order valence-corrected chi connectivity index (χ0v) is 18.0. The summed E-state index contributed by atoms with van der Waals surface area (Å²) in [5.41, 5.74) is 1.44. The highest BCUT2D eigenvalue weighted by Gasteiger charge is 2.38. The molecule has 33 heavy (non-hydrogen) atoms. The van der Waals surface area contributed by atoms with E-state index in [4.69, 9.17) is 16.3 Å². The van der Waals surface area contributed by atoms with Gasteiger partial charge in [-0.3, -0.25) is 9.67 Å². The van der Waals surface area contributed by atoms with Gasteiger partial charge in [-0.05, 0) is 6.42 Å². The Morgan fingerprint density at radius 2 is 2.09 bits per heavy atom. The van der Waals surface area contributed by atoms with E-state index in [-0.39, 0.29) is 17.9 Å². The highest BCUT2D eigenvalue weighted by atomic mass is 35.5. The minimum atomic E-state index is -2.90. The fourth-order valence-electron chi connectivity index (χ4n) is 3.94. The lowest BCUT2D eigenvalue weighted by Crippen LogP contribution is -2.25. The minimum Gasteiger partial charge on any atom is -0.450 e. The number of fused-ring (bicyclic) bond motifs is 3. The van der Waals surface area contributed by atoms with Gasteiger partial charge in [0.1, 0.15) is 21.7 Å². The third-order valence-electron chi connectivity index (χ3n) is 5.57. The van der Waals surface area contributed by atoms with Crippen LogP contribution in [0, 0.1) is 0 Å². The van der Waals surface area contributed by atoms with Crippen LogP contribution in [0.2, 0.25) is 5.02 Å². The van der Waals surface area contributed by atoms with E-state index in [9.17, 15) is 8.78 Å². The van der Waals surface area contributed by atoms with Crippen LogP contribution in [0.5, 0.6) is 11.5 Å². The maximum Gasteiger partial charge on any atom is 0.289 e. The summed E-state index contributed by atoms with van der Waals surface area (Å²) in [4.78, 5) is 12.9. The molecule has 0 amide bonds. The SMILES string of the molecule is Cn1c(Nc2cc3n(n2)CCCC3(F)F)nc2ncc(Oc3cnn4ccncc34)c(Cl)c21. The van der Waals surface area contributed by atoms with Crippen molar-refractivity contribution in [1.29, 1.82) is 0 Å². The maximum absolute atomic E-state index is 14.2. The Kier molecular flexibility index (Phi) is 4.27. The summed E-state index contributed by atoms with van der Waals surface area (Å²) in [6, 6.07) is 1.35. The Morgan fingerprint density at radius 1 is 1.21 bits per heavy atom. The van der Waals surface area contributed by atoms with E-state index < -0.39 is 5.92 Å². The molecule has 0 unspecified atom stereocenters. The fraction of sp³-hybridized carbons (Fsp3) is 0.250. The lowest BCUT2D eigenvalue weighted by Gasteiger charge is -2.22. The third kappa shape index (κ3) is 3.17. The molecule has 6 rings (SSSR count). The van der Waals surface area contributed by atoms with Gasteiger partial charge in [0.05, 0.1) is 18.6 Å². The minimum absolute atomic E-state index is 0.107. The van der Waals surface area contributed by atoms with Crippen LogP contribution in [0.1, 0.15) is 18.5 Å². The van der Waals surface area contributed by atoms with Crippen molar-refractivity contribution in [3.05, 3.63) is 47.8 Å². The average Bonchev–Trinajstić information content (AvgIpc) is 3.47. The first-order valence-corrected chi connectivity index (χ1v) is 10.5. The number of aromatic nitrogens is 8. The number of imidazole rings is 1. The van der Waals surface area contributed by atoms with Crippen molar-refractivity contribution >= 4 is 40.0 Å². The molecule has 1 N–H and O–H groups in total. The molecule has 1 aliphatic rings. The van der Waals surface area contributed by atoms with E-state index >= 15 is 0 Å². The van der Waals surface area contributed by atoms with E-state index in [1.165, 1.54) is 16.9 Å². The Hall–Kier alpha value is -3.80. The summed E-state index contributed by atoms with van der Waals surface area (Å²) in [6.07, 6.45) is 8.16. The standard InChI is InChI=1S/C20H16ClF2N9O/c1-30-17-16(21)13(33-12-10-26-31-6-4-24-8-11(12)31)9-25-18(17)28-19(30)27-15-7-14-20(22,23)3-2-5-32(14)29-15/h4,6-10H,2-3,5H2,1H3,(H,25,27,28,29). The molecule has 5 aromatic rings. The molecular formula is C20H16ClF2N9O. The molecule has 13 heteroatoms. The molecule has 0 bridgehead atoms. The van der Waals surface area contributed by atoms with Gasteiger partial charge < -0.3 is 14.6 Å². The molecule has 5 aromatic heterocycles. The maximum atomic E-state index is 14.2. The van der Waals surface area contributed by atoms with Crippen LogP contribution in [-0.4, -0.2) is 38.9 Å². The first kappa shape index (κ1) is 19.9. The molecule has 168 valence electrons. The number of alkyl halides is 2. The van der Waals surface area contributed by atoms with E-state index in [1.807, 2.05) is 0 Å².